The molecular formula is C15H23BrN2O. The van der Waals surface area contributed by atoms with Gasteiger partial charge in [0.15, 0.2) is 0 Å². The molecule has 0 saturated heterocycles. The van der Waals surface area contributed by atoms with Gasteiger partial charge in [-0.15, -0.1) is 0 Å². The molecule has 0 saturated carbocycles. The maximum absolute atomic E-state index is 12.0. The zero-order valence-corrected chi connectivity index (χ0v) is 13.8. The normalized spacial score (nSPS) is 11.1. The van der Waals surface area contributed by atoms with Crippen LogP contribution in [0.15, 0.2) is 22.7 Å². The standard InChI is InChI=1S/C15H23BrN2O/c1-11(2)18(4)9-5-8-17-15(19)13-10-12(3)6-7-14(13)16/h6-7,10-11H,5,8-9H2,1-4H3,(H,17,19). The summed E-state index contributed by atoms with van der Waals surface area (Å²) in [6.45, 7) is 8.02. The number of aryl methyl sites for hydroxylation is 1. The first-order valence-corrected chi connectivity index (χ1v) is 7.45. The molecule has 3 nitrogen and oxygen atoms in total. The minimum atomic E-state index is -0.0113. The van der Waals surface area contributed by atoms with Crippen molar-refractivity contribution in [1.29, 1.82) is 0 Å². The third-order valence-corrected chi connectivity index (χ3v) is 3.91. The molecule has 1 aromatic rings. The second kappa shape index (κ2) is 7.65. The number of amides is 1. The molecule has 0 spiro atoms. The summed E-state index contributed by atoms with van der Waals surface area (Å²) in [6.07, 6.45) is 0.962. The highest BCUT2D eigenvalue weighted by atomic mass is 79.9. The van der Waals surface area contributed by atoms with Crippen molar-refractivity contribution in [2.75, 3.05) is 20.1 Å². The van der Waals surface area contributed by atoms with Crippen LogP contribution in [0, 0.1) is 6.92 Å². The fourth-order valence-corrected chi connectivity index (χ4v) is 2.12. The molecule has 0 aromatic heterocycles. The zero-order valence-electron chi connectivity index (χ0n) is 12.2. The maximum atomic E-state index is 12.0. The number of hydrogen-bond acceptors (Lipinski definition) is 2. The molecule has 0 aliphatic rings. The Labute approximate surface area is 124 Å². The van der Waals surface area contributed by atoms with Crippen molar-refractivity contribution >= 4 is 21.8 Å². The molecule has 0 bridgehead atoms. The van der Waals surface area contributed by atoms with Gasteiger partial charge < -0.3 is 10.2 Å². The summed E-state index contributed by atoms with van der Waals surface area (Å²) in [5.74, 6) is -0.0113. The fraction of sp³-hybridized carbons (Fsp3) is 0.533. The van der Waals surface area contributed by atoms with E-state index in [0.717, 1.165) is 23.0 Å². The predicted molar refractivity (Wildman–Crippen MR) is 83.6 cm³/mol. The minimum absolute atomic E-state index is 0.0113. The van der Waals surface area contributed by atoms with E-state index >= 15 is 0 Å². The highest BCUT2D eigenvalue weighted by Gasteiger charge is 2.09. The first-order valence-electron chi connectivity index (χ1n) is 6.66. The Balaban J connectivity index is 2.41. The fourth-order valence-electron chi connectivity index (χ4n) is 1.70. The molecule has 1 N–H and O–H groups in total. The molecule has 0 fully saturated rings. The first kappa shape index (κ1) is 16.2. The van der Waals surface area contributed by atoms with E-state index in [-0.39, 0.29) is 5.91 Å². The Morgan fingerprint density at radius 2 is 2.11 bits per heavy atom. The van der Waals surface area contributed by atoms with Crippen LogP contribution in [0.1, 0.15) is 36.2 Å². The van der Waals surface area contributed by atoms with Crippen LogP contribution in [-0.2, 0) is 0 Å². The van der Waals surface area contributed by atoms with E-state index in [1.807, 2.05) is 25.1 Å². The number of carbonyl (C=O) groups is 1. The number of hydrogen-bond donors (Lipinski definition) is 1. The lowest BCUT2D eigenvalue weighted by Gasteiger charge is -2.20. The Morgan fingerprint density at radius 3 is 2.74 bits per heavy atom. The average Bonchev–Trinajstić information content (AvgIpc) is 2.36. The Kier molecular flexibility index (Phi) is 6.52. The highest BCUT2D eigenvalue weighted by Crippen LogP contribution is 2.17. The van der Waals surface area contributed by atoms with Crippen molar-refractivity contribution in [1.82, 2.24) is 10.2 Å². The third kappa shape index (κ3) is 5.33. The summed E-state index contributed by atoms with van der Waals surface area (Å²) >= 11 is 3.41. The highest BCUT2D eigenvalue weighted by molar-refractivity contribution is 9.10. The van der Waals surface area contributed by atoms with Gasteiger partial charge in [0.2, 0.25) is 0 Å². The molecule has 1 rings (SSSR count). The van der Waals surface area contributed by atoms with Gasteiger partial charge in [0.1, 0.15) is 0 Å². The van der Waals surface area contributed by atoms with Crippen molar-refractivity contribution in [2.24, 2.45) is 0 Å². The molecule has 0 aliphatic carbocycles. The number of nitrogens with zero attached hydrogens (tertiary/aromatic N) is 1. The summed E-state index contributed by atoms with van der Waals surface area (Å²) < 4.78 is 0.842. The number of carbonyl (C=O) groups excluding carboxylic acids is 1. The van der Waals surface area contributed by atoms with Gasteiger partial charge in [-0.3, -0.25) is 4.79 Å². The van der Waals surface area contributed by atoms with Crippen molar-refractivity contribution in [3.05, 3.63) is 33.8 Å². The van der Waals surface area contributed by atoms with Crippen LogP contribution in [0.3, 0.4) is 0 Å². The smallest absolute Gasteiger partial charge is 0.252 e. The van der Waals surface area contributed by atoms with Gasteiger partial charge in [0, 0.05) is 17.1 Å². The molecule has 1 amide bonds. The van der Waals surface area contributed by atoms with Gasteiger partial charge in [-0.1, -0.05) is 11.6 Å². The van der Waals surface area contributed by atoms with Crippen LogP contribution < -0.4 is 5.32 Å². The maximum Gasteiger partial charge on any atom is 0.252 e. The van der Waals surface area contributed by atoms with Crippen LogP contribution >= 0.6 is 15.9 Å². The monoisotopic (exact) mass is 326 g/mol. The lowest BCUT2D eigenvalue weighted by Crippen LogP contribution is -2.31. The van der Waals surface area contributed by atoms with E-state index < -0.39 is 0 Å². The third-order valence-electron chi connectivity index (χ3n) is 3.22. The molecule has 106 valence electrons. The van der Waals surface area contributed by atoms with E-state index in [1.165, 1.54) is 0 Å². The van der Waals surface area contributed by atoms with E-state index in [2.05, 4.69) is 47.0 Å². The molecule has 0 unspecified atom stereocenters. The molecule has 4 heteroatoms. The van der Waals surface area contributed by atoms with E-state index in [9.17, 15) is 4.79 Å². The largest absolute Gasteiger partial charge is 0.352 e. The van der Waals surface area contributed by atoms with Gasteiger partial charge in [-0.2, -0.15) is 0 Å². The number of benzene rings is 1. The average molecular weight is 327 g/mol. The first-order chi connectivity index (χ1) is 8.91. The lowest BCUT2D eigenvalue weighted by atomic mass is 10.1. The van der Waals surface area contributed by atoms with E-state index in [1.54, 1.807) is 0 Å². The summed E-state index contributed by atoms with van der Waals surface area (Å²) in [5, 5.41) is 2.97. The van der Waals surface area contributed by atoms with E-state index in [0.29, 0.717) is 18.2 Å². The van der Waals surface area contributed by atoms with Gasteiger partial charge in [0.05, 0.1) is 5.56 Å². The second-order valence-corrected chi connectivity index (χ2v) is 6.02. The molecule has 1 aromatic carbocycles. The van der Waals surface area contributed by atoms with Gasteiger partial charge in [-0.05, 0) is 68.8 Å². The van der Waals surface area contributed by atoms with Gasteiger partial charge in [-0.25, -0.2) is 0 Å². The van der Waals surface area contributed by atoms with Crippen molar-refractivity contribution < 1.29 is 4.79 Å². The lowest BCUT2D eigenvalue weighted by molar-refractivity contribution is 0.0951. The Bertz CT molecular complexity index is 432. The van der Waals surface area contributed by atoms with Crippen LogP contribution in [0.2, 0.25) is 0 Å². The van der Waals surface area contributed by atoms with Crippen molar-refractivity contribution in [2.45, 2.75) is 33.2 Å². The number of rotatable bonds is 6. The van der Waals surface area contributed by atoms with Crippen molar-refractivity contribution in [3.8, 4) is 0 Å². The topological polar surface area (TPSA) is 32.3 Å². The second-order valence-electron chi connectivity index (χ2n) is 5.17. The Morgan fingerprint density at radius 1 is 1.42 bits per heavy atom. The van der Waals surface area contributed by atoms with Crippen molar-refractivity contribution in [3.63, 3.8) is 0 Å². The van der Waals surface area contributed by atoms with Crippen LogP contribution in [0.4, 0.5) is 0 Å². The Hall–Kier alpha value is -0.870. The molecule has 0 atom stereocenters. The van der Waals surface area contributed by atoms with Crippen LogP contribution in [0.5, 0.6) is 0 Å². The molecule has 0 radical (unpaired) electrons. The van der Waals surface area contributed by atoms with Crippen LogP contribution in [-0.4, -0.2) is 37.0 Å². The molecule has 0 aliphatic heterocycles. The molecule has 19 heavy (non-hydrogen) atoms. The van der Waals surface area contributed by atoms with Gasteiger partial charge >= 0.3 is 0 Å². The molecular weight excluding hydrogens is 304 g/mol. The SMILES string of the molecule is Cc1ccc(Br)c(C(=O)NCCCN(C)C(C)C)c1. The van der Waals surface area contributed by atoms with Gasteiger partial charge in [0.25, 0.3) is 5.91 Å². The summed E-state index contributed by atoms with van der Waals surface area (Å²) in [4.78, 5) is 14.3. The van der Waals surface area contributed by atoms with E-state index in [4.69, 9.17) is 0 Å². The summed E-state index contributed by atoms with van der Waals surface area (Å²) in [5.41, 5.74) is 1.80. The predicted octanol–water partition coefficient (Wildman–Crippen LogP) is 3.22. The zero-order chi connectivity index (χ0) is 14.4. The summed E-state index contributed by atoms with van der Waals surface area (Å²) in [7, 11) is 2.10. The quantitative estimate of drug-likeness (QED) is 0.814. The van der Waals surface area contributed by atoms with Crippen LogP contribution in [0.25, 0.3) is 0 Å². The minimum Gasteiger partial charge on any atom is -0.352 e. The summed E-state index contributed by atoms with van der Waals surface area (Å²) in [6, 6.07) is 6.34. The number of halogens is 1. The number of nitrogens with one attached hydrogen (secondary N) is 1. The molecule has 0 heterocycles.